The Bertz CT molecular complexity index is 310. The first-order valence-electron chi connectivity index (χ1n) is 5.38. The van der Waals surface area contributed by atoms with Crippen molar-refractivity contribution in [2.75, 3.05) is 11.5 Å². The average Bonchev–Trinajstić information content (AvgIpc) is 2.31. The first kappa shape index (κ1) is 11.0. The molecule has 1 aliphatic rings. The van der Waals surface area contributed by atoms with E-state index >= 15 is 0 Å². The second-order valence-electron chi connectivity index (χ2n) is 3.94. The molecule has 1 heterocycles. The summed E-state index contributed by atoms with van der Waals surface area (Å²) < 4.78 is 0. The molecule has 1 aliphatic heterocycles. The SMILES string of the molecule is NOCc1cccc(C2CCSCC2)c1. The Morgan fingerprint density at radius 2 is 2.13 bits per heavy atom. The van der Waals surface area contributed by atoms with Gasteiger partial charge in [-0.2, -0.15) is 11.8 Å². The zero-order valence-electron chi connectivity index (χ0n) is 8.82. The molecule has 0 aromatic heterocycles. The van der Waals surface area contributed by atoms with Crippen molar-refractivity contribution in [1.82, 2.24) is 0 Å². The number of benzene rings is 1. The third kappa shape index (κ3) is 2.97. The normalized spacial score (nSPS) is 17.9. The lowest BCUT2D eigenvalue weighted by Gasteiger charge is -2.22. The molecule has 0 atom stereocenters. The molecule has 0 bridgehead atoms. The maximum atomic E-state index is 5.09. The second-order valence-corrected chi connectivity index (χ2v) is 5.17. The van der Waals surface area contributed by atoms with Crippen LogP contribution in [0.5, 0.6) is 0 Å². The van der Waals surface area contributed by atoms with Crippen molar-refractivity contribution in [3.63, 3.8) is 0 Å². The van der Waals surface area contributed by atoms with Crippen LogP contribution in [-0.4, -0.2) is 11.5 Å². The molecular weight excluding hydrogens is 206 g/mol. The van der Waals surface area contributed by atoms with Gasteiger partial charge in [0.15, 0.2) is 0 Å². The van der Waals surface area contributed by atoms with Crippen LogP contribution < -0.4 is 5.90 Å². The summed E-state index contributed by atoms with van der Waals surface area (Å²) in [6.45, 7) is 0.509. The maximum Gasteiger partial charge on any atom is 0.0930 e. The van der Waals surface area contributed by atoms with E-state index in [4.69, 9.17) is 5.90 Å². The van der Waals surface area contributed by atoms with Crippen molar-refractivity contribution in [3.05, 3.63) is 35.4 Å². The Kier molecular flexibility index (Phi) is 4.06. The zero-order valence-corrected chi connectivity index (χ0v) is 9.63. The minimum atomic E-state index is 0.509. The Morgan fingerprint density at radius 1 is 1.33 bits per heavy atom. The van der Waals surface area contributed by atoms with Gasteiger partial charge >= 0.3 is 0 Å². The van der Waals surface area contributed by atoms with E-state index in [-0.39, 0.29) is 0 Å². The summed E-state index contributed by atoms with van der Waals surface area (Å²) in [5.41, 5.74) is 2.62. The van der Waals surface area contributed by atoms with Gasteiger partial charge in [-0.05, 0) is 41.4 Å². The van der Waals surface area contributed by atoms with E-state index in [1.807, 2.05) is 0 Å². The van der Waals surface area contributed by atoms with Gasteiger partial charge in [0.25, 0.3) is 0 Å². The van der Waals surface area contributed by atoms with E-state index in [1.54, 1.807) is 0 Å². The van der Waals surface area contributed by atoms with Gasteiger partial charge in [-0.15, -0.1) is 0 Å². The van der Waals surface area contributed by atoms with Crippen LogP contribution in [-0.2, 0) is 11.4 Å². The summed E-state index contributed by atoms with van der Waals surface area (Å²) in [7, 11) is 0. The number of rotatable bonds is 3. The lowest BCUT2D eigenvalue weighted by molar-refractivity contribution is 0.124. The van der Waals surface area contributed by atoms with E-state index in [1.165, 1.54) is 35.5 Å². The Labute approximate surface area is 95.1 Å². The quantitative estimate of drug-likeness (QED) is 0.800. The Hall–Kier alpha value is -0.510. The van der Waals surface area contributed by atoms with Crippen molar-refractivity contribution >= 4 is 11.8 Å². The van der Waals surface area contributed by atoms with Crippen LogP contribution in [0.1, 0.15) is 29.9 Å². The highest BCUT2D eigenvalue weighted by Gasteiger charge is 2.15. The second kappa shape index (κ2) is 5.54. The largest absolute Gasteiger partial charge is 0.300 e. The highest BCUT2D eigenvalue weighted by molar-refractivity contribution is 7.99. The predicted octanol–water partition coefficient (Wildman–Crippen LogP) is 2.69. The molecule has 82 valence electrons. The van der Waals surface area contributed by atoms with Crippen LogP contribution in [0.4, 0.5) is 0 Å². The van der Waals surface area contributed by atoms with Gasteiger partial charge in [0.1, 0.15) is 0 Å². The summed E-state index contributed by atoms with van der Waals surface area (Å²) in [5.74, 6) is 8.41. The summed E-state index contributed by atoms with van der Waals surface area (Å²) >= 11 is 2.06. The van der Waals surface area contributed by atoms with Crippen LogP contribution in [0.2, 0.25) is 0 Å². The summed E-state index contributed by atoms with van der Waals surface area (Å²) in [6, 6.07) is 8.62. The fourth-order valence-corrected chi connectivity index (χ4v) is 3.17. The van der Waals surface area contributed by atoms with Gasteiger partial charge in [-0.25, -0.2) is 5.90 Å². The van der Waals surface area contributed by atoms with E-state index in [0.717, 1.165) is 5.92 Å². The Balaban J connectivity index is 2.09. The number of nitrogens with two attached hydrogens (primary N) is 1. The van der Waals surface area contributed by atoms with Crippen molar-refractivity contribution in [1.29, 1.82) is 0 Å². The highest BCUT2D eigenvalue weighted by atomic mass is 32.2. The van der Waals surface area contributed by atoms with Crippen LogP contribution in [0, 0.1) is 0 Å². The van der Waals surface area contributed by atoms with Crippen molar-refractivity contribution in [2.24, 2.45) is 5.90 Å². The monoisotopic (exact) mass is 223 g/mol. The van der Waals surface area contributed by atoms with Gasteiger partial charge < -0.3 is 0 Å². The standard InChI is InChI=1S/C12H17NOS/c13-14-9-10-2-1-3-12(8-10)11-4-6-15-7-5-11/h1-3,8,11H,4-7,9,13H2. The molecule has 2 nitrogen and oxygen atoms in total. The third-order valence-electron chi connectivity index (χ3n) is 2.89. The average molecular weight is 223 g/mol. The zero-order chi connectivity index (χ0) is 10.5. The van der Waals surface area contributed by atoms with Crippen molar-refractivity contribution in [2.45, 2.75) is 25.4 Å². The summed E-state index contributed by atoms with van der Waals surface area (Å²) in [6.07, 6.45) is 2.61. The van der Waals surface area contributed by atoms with Crippen LogP contribution in [0.15, 0.2) is 24.3 Å². The molecule has 1 aromatic carbocycles. The first-order chi connectivity index (χ1) is 7.40. The molecule has 2 N–H and O–H groups in total. The number of hydrogen-bond donors (Lipinski definition) is 1. The minimum Gasteiger partial charge on any atom is -0.300 e. The third-order valence-corrected chi connectivity index (χ3v) is 3.94. The lowest BCUT2D eigenvalue weighted by atomic mass is 9.92. The topological polar surface area (TPSA) is 35.2 Å². The molecule has 0 aliphatic carbocycles. The van der Waals surface area contributed by atoms with Crippen molar-refractivity contribution in [3.8, 4) is 0 Å². The van der Waals surface area contributed by atoms with Crippen LogP contribution in [0.25, 0.3) is 0 Å². The first-order valence-corrected chi connectivity index (χ1v) is 6.54. The molecule has 15 heavy (non-hydrogen) atoms. The number of thioether (sulfide) groups is 1. The Morgan fingerprint density at radius 3 is 2.87 bits per heavy atom. The van der Waals surface area contributed by atoms with Crippen LogP contribution in [0.3, 0.4) is 0 Å². The van der Waals surface area contributed by atoms with E-state index in [9.17, 15) is 0 Å². The fourth-order valence-electron chi connectivity index (χ4n) is 2.06. The molecule has 0 radical (unpaired) electrons. The van der Waals surface area contributed by atoms with Crippen LogP contribution >= 0.6 is 11.8 Å². The fraction of sp³-hybridized carbons (Fsp3) is 0.500. The molecule has 1 saturated heterocycles. The molecule has 1 fully saturated rings. The predicted molar refractivity (Wildman–Crippen MR) is 64.7 cm³/mol. The summed E-state index contributed by atoms with van der Waals surface area (Å²) in [5, 5.41) is 0. The molecule has 0 spiro atoms. The van der Waals surface area contributed by atoms with E-state index in [2.05, 4.69) is 40.9 Å². The van der Waals surface area contributed by atoms with Crippen molar-refractivity contribution < 1.29 is 4.84 Å². The summed E-state index contributed by atoms with van der Waals surface area (Å²) in [4.78, 5) is 4.67. The molecular formula is C12H17NOS. The van der Waals surface area contributed by atoms with Gasteiger partial charge in [0.2, 0.25) is 0 Å². The lowest BCUT2D eigenvalue weighted by Crippen LogP contribution is -2.08. The molecule has 0 saturated carbocycles. The van der Waals surface area contributed by atoms with E-state index in [0.29, 0.717) is 6.61 Å². The van der Waals surface area contributed by atoms with Gasteiger partial charge in [0.05, 0.1) is 6.61 Å². The number of hydrogen-bond acceptors (Lipinski definition) is 3. The van der Waals surface area contributed by atoms with Gasteiger partial charge in [0, 0.05) is 0 Å². The molecule has 1 aromatic rings. The maximum absolute atomic E-state index is 5.09. The van der Waals surface area contributed by atoms with Gasteiger partial charge in [-0.3, -0.25) is 4.84 Å². The molecule has 2 rings (SSSR count). The van der Waals surface area contributed by atoms with Gasteiger partial charge in [-0.1, -0.05) is 24.3 Å². The minimum absolute atomic E-state index is 0.509. The molecule has 0 amide bonds. The molecule has 3 heteroatoms. The smallest absolute Gasteiger partial charge is 0.0930 e. The van der Waals surface area contributed by atoms with E-state index < -0.39 is 0 Å². The highest BCUT2D eigenvalue weighted by Crippen LogP contribution is 2.31. The molecule has 0 unspecified atom stereocenters.